The molecule has 0 radical (unpaired) electrons. The van der Waals surface area contributed by atoms with Gasteiger partial charge in [0, 0.05) is 26.2 Å². The highest BCUT2D eigenvalue weighted by molar-refractivity contribution is 7.92. The van der Waals surface area contributed by atoms with Crippen LogP contribution in [0.25, 0.3) is 6.08 Å². The molecule has 2 rings (SSSR count). The van der Waals surface area contributed by atoms with Crippen LogP contribution in [0.15, 0.2) is 48.5 Å². The minimum Gasteiger partial charge on any atom is -0.490 e. The summed E-state index contributed by atoms with van der Waals surface area (Å²) in [6.45, 7) is 8.12. The normalized spacial score (nSPS) is 11.5. The van der Waals surface area contributed by atoms with E-state index in [-0.39, 0.29) is 12.4 Å². The summed E-state index contributed by atoms with van der Waals surface area (Å²) in [7, 11) is -1.73. The Labute approximate surface area is 234 Å². The van der Waals surface area contributed by atoms with Gasteiger partial charge in [-0.05, 0) is 61.2 Å². The van der Waals surface area contributed by atoms with Crippen LogP contribution in [0.3, 0.4) is 0 Å². The highest BCUT2D eigenvalue weighted by Gasteiger charge is 2.17. The number of hydrogen-bond acceptors (Lipinski definition) is 7. The van der Waals surface area contributed by atoms with Crippen molar-refractivity contribution >= 4 is 27.8 Å². The number of rotatable bonds is 19. The number of carbonyl (C=O) groups excluding carboxylic acids is 1. The van der Waals surface area contributed by atoms with Gasteiger partial charge in [-0.1, -0.05) is 44.9 Å². The van der Waals surface area contributed by atoms with E-state index < -0.39 is 16.0 Å². The Kier molecular flexibility index (Phi) is 14.5. The van der Waals surface area contributed by atoms with Crippen molar-refractivity contribution in [3.05, 3.63) is 59.7 Å². The fraction of sp³-hybridized carbons (Fsp3) is 0.500. The summed E-state index contributed by atoms with van der Waals surface area (Å²) in [4.78, 5) is 11.9. The minimum absolute atomic E-state index is 0.144. The Morgan fingerprint density at radius 3 is 2.28 bits per heavy atom. The smallest absolute Gasteiger partial charge is 0.330 e. The molecular weight excluding hydrogens is 518 g/mol. The van der Waals surface area contributed by atoms with Crippen LogP contribution in [-0.4, -0.2) is 60.2 Å². The maximum atomic E-state index is 12.5. The molecule has 0 aromatic heterocycles. The van der Waals surface area contributed by atoms with E-state index in [1.165, 1.54) is 10.4 Å². The topological polar surface area (TPSA) is 91.4 Å². The van der Waals surface area contributed by atoms with Gasteiger partial charge in [-0.3, -0.25) is 4.31 Å². The first-order valence-corrected chi connectivity index (χ1v) is 15.3. The fourth-order valence-electron chi connectivity index (χ4n) is 3.52. The molecule has 216 valence electrons. The largest absolute Gasteiger partial charge is 0.490 e. The van der Waals surface area contributed by atoms with Crippen LogP contribution in [-0.2, 0) is 30.7 Å². The van der Waals surface area contributed by atoms with Crippen LogP contribution >= 0.6 is 0 Å². The molecule has 0 heterocycles. The maximum absolute atomic E-state index is 12.5. The van der Waals surface area contributed by atoms with E-state index in [2.05, 4.69) is 6.92 Å². The number of ether oxygens (including phenoxy) is 4. The van der Waals surface area contributed by atoms with Crippen molar-refractivity contribution < 1.29 is 32.2 Å². The van der Waals surface area contributed by atoms with Crippen molar-refractivity contribution in [3.8, 4) is 11.5 Å². The number of carbonyl (C=O) groups is 1. The number of nitrogens with zero attached hydrogens (tertiary/aromatic N) is 1. The zero-order chi connectivity index (χ0) is 28.5. The van der Waals surface area contributed by atoms with E-state index in [0.29, 0.717) is 56.5 Å². The molecular formula is C30H43NO7S. The summed E-state index contributed by atoms with van der Waals surface area (Å²) in [6, 6.07) is 13.0. The van der Waals surface area contributed by atoms with Crippen molar-refractivity contribution in [1.82, 2.24) is 0 Å². The lowest BCUT2D eigenvalue weighted by Crippen LogP contribution is -2.28. The molecule has 0 amide bonds. The molecule has 0 atom stereocenters. The predicted octanol–water partition coefficient (Wildman–Crippen LogP) is 5.65. The van der Waals surface area contributed by atoms with E-state index >= 15 is 0 Å². The Morgan fingerprint density at radius 1 is 0.872 bits per heavy atom. The average Bonchev–Trinajstić information content (AvgIpc) is 2.94. The monoisotopic (exact) mass is 561 g/mol. The molecule has 0 spiro atoms. The van der Waals surface area contributed by atoms with Gasteiger partial charge in [0.15, 0.2) is 11.5 Å². The number of benzene rings is 2. The Hall–Kier alpha value is -3.04. The van der Waals surface area contributed by atoms with Gasteiger partial charge in [0.25, 0.3) is 0 Å². The molecule has 0 aliphatic heterocycles. The first kappa shape index (κ1) is 32.2. The van der Waals surface area contributed by atoms with Crippen LogP contribution in [0.5, 0.6) is 11.5 Å². The predicted molar refractivity (Wildman–Crippen MR) is 156 cm³/mol. The van der Waals surface area contributed by atoms with Gasteiger partial charge in [0.05, 0.1) is 31.3 Å². The molecule has 0 bridgehead atoms. The summed E-state index contributed by atoms with van der Waals surface area (Å²) in [5, 5.41) is 0. The minimum atomic E-state index is -3.32. The molecule has 39 heavy (non-hydrogen) atoms. The number of sulfonamides is 1. The molecule has 0 saturated carbocycles. The second-order valence-electron chi connectivity index (χ2n) is 9.01. The van der Waals surface area contributed by atoms with E-state index in [4.69, 9.17) is 18.9 Å². The van der Waals surface area contributed by atoms with E-state index in [1.54, 1.807) is 13.1 Å². The first-order valence-electron chi connectivity index (χ1n) is 13.7. The number of hydrogen-bond donors (Lipinski definition) is 0. The lowest BCUT2D eigenvalue weighted by atomic mass is 10.1. The highest BCUT2D eigenvalue weighted by atomic mass is 32.2. The van der Waals surface area contributed by atoms with E-state index in [9.17, 15) is 13.2 Å². The lowest BCUT2D eigenvalue weighted by Gasteiger charge is -2.19. The summed E-state index contributed by atoms with van der Waals surface area (Å²) in [5.74, 6) is 0.954. The van der Waals surface area contributed by atoms with Crippen molar-refractivity contribution in [2.45, 2.75) is 52.9 Å². The standard InChI is InChI=1S/C30H43NO7S/c1-5-8-19-36-29-24-26(13-17-30(32)38-22-21-35-7-3)12-16-28(29)37-20-18-25-10-14-27(15-11-25)31(4)39(33,34)23-9-6-2/h10-17,24H,5-9,18-23H2,1-4H3/b17-13-. The summed E-state index contributed by atoms with van der Waals surface area (Å²) in [5.41, 5.74) is 2.47. The molecule has 0 N–H and O–H groups in total. The zero-order valence-corrected chi connectivity index (χ0v) is 24.5. The Morgan fingerprint density at radius 2 is 1.59 bits per heavy atom. The maximum Gasteiger partial charge on any atom is 0.330 e. The quantitative estimate of drug-likeness (QED) is 0.124. The molecule has 0 aliphatic carbocycles. The third kappa shape index (κ3) is 11.7. The summed E-state index contributed by atoms with van der Waals surface area (Å²) < 4.78 is 48.5. The van der Waals surface area contributed by atoms with Gasteiger partial charge in [0.2, 0.25) is 10.0 Å². The molecule has 0 fully saturated rings. The van der Waals surface area contributed by atoms with Gasteiger partial charge < -0.3 is 18.9 Å². The van der Waals surface area contributed by atoms with Crippen LogP contribution < -0.4 is 13.8 Å². The average molecular weight is 562 g/mol. The highest BCUT2D eigenvalue weighted by Crippen LogP contribution is 2.29. The number of esters is 1. The fourth-order valence-corrected chi connectivity index (χ4v) is 4.89. The van der Waals surface area contributed by atoms with Crippen LogP contribution in [0.2, 0.25) is 0 Å². The number of anilines is 1. The Balaban J connectivity index is 1.98. The SMILES string of the molecule is CCCCOc1cc(/C=C\C(=O)OCCOCC)ccc1OCCc1ccc(N(C)S(=O)(=O)CCCC)cc1. The lowest BCUT2D eigenvalue weighted by molar-refractivity contribution is -0.139. The zero-order valence-electron chi connectivity index (χ0n) is 23.7. The van der Waals surface area contributed by atoms with Crippen LogP contribution in [0, 0.1) is 0 Å². The van der Waals surface area contributed by atoms with Crippen molar-refractivity contribution in [3.63, 3.8) is 0 Å². The van der Waals surface area contributed by atoms with Gasteiger partial charge in [0.1, 0.15) is 6.61 Å². The molecule has 0 unspecified atom stereocenters. The van der Waals surface area contributed by atoms with Gasteiger partial charge >= 0.3 is 5.97 Å². The molecule has 0 aliphatic rings. The van der Waals surface area contributed by atoms with Crippen molar-refractivity contribution in [2.75, 3.05) is 50.1 Å². The van der Waals surface area contributed by atoms with E-state index in [0.717, 1.165) is 30.4 Å². The van der Waals surface area contributed by atoms with Crippen LogP contribution in [0.4, 0.5) is 5.69 Å². The van der Waals surface area contributed by atoms with Gasteiger partial charge in [-0.2, -0.15) is 0 Å². The molecule has 8 nitrogen and oxygen atoms in total. The third-order valence-electron chi connectivity index (χ3n) is 5.93. The third-order valence-corrected chi connectivity index (χ3v) is 7.78. The van der Waals surface area contributed by atoms with Gasteiger partial charge in [-0.25, -0.2) is 13.2 Å². The summed E-state index contributed by atoms with van der Waals surface area (Å²) >= 11 is 0. The second-order valence-corrected chi connectivity index (χ2v) is 11.1. The molecule has 0 saturated heterocycles. The van der Waals surface area contributed by atoms with Gasteiger partial charge in [-0.15, -0.1) is 0 Å². The van der Waals surface area contributed by atoms with Crippen molar-refractivity contribution in [1.29, 1.82) is 0 Å². The second kappa shape index (κ2) is 17.5. The molecule has 9 heteroatoms. The first-order chi connectivity index (χ1) is 18.8. The Bertz CT molecular complexity index is 1130. The van der Waals surface area contributed by atoms with Crippen LogP contribution in [0.1, 0.15) is 57.6 Å². The molecule has 2 aromatic rings. The molecule has 2 aromatic carbocycles. The van der Waals surface area contributed by atoms with Crippen molar-refractivity contribution in [2.24, 2.45) is 0 Å². The number of unbranched alkanes of at least 4 members (excludes halogenated alkanes) is 2. The summed E-state index contributed by atoms with van der Waals surface area (Å²) in [6.07, 6.45) is 7.12. The van der Waals surface area contributed by atoms with E-state index in [1.807, 2.05) is 56.3 Å².